The Morgan fingerprint density at radius 1 is 1.28 bits per heavy atom. The Hall–Kier alpha value is -3.23. The molecule has 0 saturated heterocycles. The largest absolute Gasteiger partial charge is 0.497 e. The molecule has 9 nitrogen and oxygen atoms in total. The molecule has 0 bridgehead atoms. The first-order valence-electron chi connectivity index (χ1n) is 7.55. The van der Waals surface area contributed by atoms with Gasteiger partial charge in [-0.15, -0.1) is 0 Å². The molecular weight excluding hydrogens is 330 g/mol. The maximum atomic E-state index is 12.7. The highest BCUT2D eigenvalue weighted by molar-refractivity contribution is 6.11. The standard InChI is InChI=1S/C16H17N3O6/c1-4-18-14(16(21)25-5-2)9-12(17-18)15(20)11-8-10(24-3)6-7-13(11)19(22)23/h6-9H,4-5H2,1-3H3. The Labute approximate surface area is 143 Å². The van der Waals surface area contributed by atoms with Crippen molar-refractivity contribution >= 4 is 17.4 Å². The van der Waals surface area contributed by atoms with Gasteiger partial charge in [0.15, 0.2) is 0 Å². The van der Waals surface area contributed by atoms with Crippen LogP contribution >= 0.6 is 0 Å². The van der Waals surface area contributed by atoms with Crippen molar-refractivity contribution in [3.05, 3.63) is 51.3 Å². The van der Waals surface area contributed by atoms with Crippen molar-refractivity contribution in [3.8, 4) is 5.75 Å². The number of carbonyl (C=O) groups is 2. The molecule has 1 heterocycles. The Morgan fingerprint density at radius 2 is 2.00 bits per heavy atom. The number of rotatable bonds is 7. The van der Waals surface area contributed by atoms with Crippen LogP contribution in [0.25, 0.3) is 0 Å². The number of aromatic nitrogens is 2. The van der Waals surface area contributed by atoms with Crippen molar-refractivity contribution < 1.29 is 24.0 Å². The zero-order valence-electron chi connectivity index (χ0n) is 14.0. The van der Waals surface area contributed by atoms with Gasteiger partial charge in [-0.2, -0.15) is 5.10 Å². The van der Waals surface area contributed by atoms with Gasteiger partial charge in [0.25, 0.3) is 5.69 Å². The monoisotopic (exact) mass is 347 g/mol. The van der Waals surface area contributed by atoms with Crippen LogP contribution in [0.2, 0.25) is 0 Å². The number of esters is 1. The van der Waals surface area contributed by atoms with E-state index in [0.29, 0.717) is 12.3 Å². The lowest BCUT2D eigenvalue weighted by Crippen LogP contribution is -2.12. The fourth-order valence-electron chi connectivity index (χ4n) is 2.26. The van der Waals surface area contributed by atoms with Crippen LogP contribution in [-0.2, 0) is 11.3 Å². The number of nitro groups is 1. The Kier molecular flexibility index (Phi) is 5.48. The molecule has 0 atom stereocenters. The number of hydrogen-bond donors (Lipinski definition) is 0. The summed E-state index contributed by atoms with van der Waals surface area (Å²) in [6.07, 6.45) is 0. The van der Waals surface area contributed by atoms with Crippen molar-refractivity contribution in [1.82, 2.24) is 9.78 Å². The summed E-state index contributed by atoms with van der Waals surface area (Å²) in [4.78, 5) is 35.2. The highest BCUT2D eigenvalue weighted by Gasteiger charge is 2.26. The number of benzene rings is 1. The molecule has 132 valence electrons. The SMILES string of the molecule is CCOC(=O)c1cc(C(=O)c2cc(OC)ccc2[N+](=O)[O-])nn1CC. The molecule has 0 aliphatic rings. The lowest BCUT2D eigenvalue weighted by molar-refractivity contribution is -0.385. The van der Waals surface area contributed by atoms with E-state index in [4.69, 9.17) is 9.47 Å². The highest BCUT2D eigenvalue weighted by Crippen LogP contribution is 2.26. The first-order valence-corrected chi connectivity index (χ1v) is 7.55. The van der Waals surface area contributed by atoms with Crippen LogP contribution in [-0.4, -0.2) is 40.2 Å². The van der Waals surface area contributed by atoms with Crippen LogP contribution < -0.4 is 4.74 Å². The molecule has 0 aliphatic carbocycles. The minimum Gasteiger partial charge on any atom is -0.497 e. The number of hydrogen-bond acceptors (Lipinski definition) is 7. The average Bonchev–Trinajstić information content (AvgIpc) is 3.05. The van der Waals surface area contributed by atoms with Crippen LogP contribution in [0.15, 0.2) is 24.3 Å². The van der Waals surface area contributed by atoms with Crippen molar-refractivity contribution in [1.29, 1.82) is 0 Å². The zero-order chi connectivity index (χ0) is 18.6. The second-order valence-corrected chi connectivity index (χ2v) is 4.92. The third-order valence-electron chi connectivity index (χ3n) is 3.44. The van der Waals surface area contributed by atoms with E-state index in [1.54, 1.807) is 13.8 Å². The smallest absolute Gasteiger partial charge is 0.356 e. The second-order valence-electron chi connectivity index (χ2n) is 4.92. The molecule has 25 heavy (non-hydrogen) atoms. The van der Waals surface area contributed by atoms with Gasteiger partial charge < -0.3 is 9.47 Å². The van der Waals surface area contributed by atoms with Crippen molar-refractivity contribution in [2.75, 3.05) is 13.7 Å². The third kappa shape index (κ3) is 3.65. The van der Waals surface area contributed by atoms with Crippen LogP contribution in [0, 0.1) is 10.1 Å². The number of nitro benzene ring substituents is 1. The molecule has 1 aromatic carbocycles. The second kappa shape index (κ2) is 7.56. The van der Waals surface area contributed by atoms with Crippen LogP contribution in [0.1, 0.15) is 40.4 Å². The number of aryl methyl sites for hydroxylation is 1. The fraction of sp³-hybridized carbons (Fsp3) is 0.312. The molecule has 2 aromatic rings. The maximum Gasteiger partial charge on any atom is 0.356 e. The molecule has 0 fully saturated rings. The molecule has 1 aromatic heterocycles. The first kappa shape index (κ1) is 18.1. The molecule has 2 rings (SSSR count). The molecule has 0 saturated carbocycles. The molecular formula is C16H17N3O6. The van der Waals surface area contributed by atoms with Gasteiger partial charge in [-0.3, -0.25) is 19.6 Å². The van der Waals surface area contributed by atoms with Crippen molar-refractivity contribution in [3.63, 3.8) is 0 Å². The minimum absolute atomic E-state index is 0.0822. The predicted molar refractivity (Wildman–Crippen MR) is 86.9 cm³/mol. The highest BCUT2D eigenvalue weighted by atomic mass is 16.6. The molecule has 9 heteroatoms. The van der Waals surface area contributed by atoms with Crippen LogP contribution in [0.5, 0.6) is 5.75 Å². The van der Waals surface area contributed by atoms with E-state index in [1.165, 1.54) is 36.1 Å². The summed E-state index contributed by atoms with van der Waals surface area (Å²) in [6, 6.07) is 5.13. The van der Waals surface area contributed by atoms with Gasteiger partial charge >= 0.3 is 5.97 Å². The molecule has 0 spiro atoms. The molecule has 0 unspecified atom stereocenters. The van der Waals surface area contributed by atoms with E-state index < -0.39 is 16.7 Å². The first-order chi connectivity index (χ1) is 11.9. The van der Waals surface area contributed by atoms with Gasteiger partial charge in [0.2, 0.25) is 5.78 Å². The Bertz CT molecular complexity index is 827. The van der Waals surface area contributed by atoms with E-state index in [2.05, 4.69) is 5.10 Å². The van der Waals surface area contributed by atoms with E-state index in [9.17, 15) is 19.7 Å². The number of ether oxygens (including phenoxy) is 2. The minimum atomic E-state index is -0.677. The number of nitrogens with zero attached hydrogens (tertiary/aromatic N) is 3. The van der Waals surface area contributed by atoms with Crippen LogP contribution in [0.3, 0.4) is 0 Å². The summed E-state index contributed by atoms with van der Waals surface area (Å²) >= 11 is 0. The number of methoxy groups -OCH3 is 1. The molecule has 0 amide bonds. The summed E-state index contributed by atoms with van der Waals surface area (Å²) in [6.45, 7) is 3.92. The summed E-state index contributed by atoms with van der Waals surface area (Å²) < 4.78 is 11.3. The molecule has 0 aliphatic heterocycles. The number of carbonyl (C=O) groups excluding carboxylic acids is 2. The Morgan fingerprint density at radius 3 is 2.56 bits per heavy atom. The lowest BCUT2D eigenvalue weighted by atomic mass is 10.1. The van der Waals surface area contributed by atoms with Gasteiger partial charge in [-0.25, -0.2) is 4.79 Å². The quantitative estimate of drug-likeness (QED) is 0.326. The van der Waals surface area contributed by atoms with Gasteiger partial charge in [-0.05, 0) is 26.0 Å². The molecule has 0 N–H and O–H groups in total. The predicted octanol–water partition coefficient (Wildman–Crippen LogP) is 2.23. The van der Waals surface area contributed by atoms with Crippen molar-refractivity contribution in [2.24, 2.45) is 0 Å². The van der Waals surface area contributed by atoms with Gasteiger partial charge in [0, 0.05) is 18.7 Å². The van der Waals surface area contributed by atoms with Gasteiger partial charge in [-0.1, -0.05) is 0 Å². The summed E-state index contributed by atoms with van der Waals surface area (Å²) in [5, 5.41) is 15.3. The van der Waals surface area contributed by atoms with E-state index in [-0.39, 0.29) is 29.2 Å². The van der Waals surface area contributed by atoms with E-state index in [0.717, 1.165) is 0 Å². The average molecular weight is 347 g/mol. The Balaban J connectivity index is 2.51. The van der Waals surface area contributed by atoms with Gasteiger partial charge in [0.05, 0.1) is 18.6 Å². The summed E-state index contributed by atoms with van der Waals surface area (Å²) in [7, 11) is 1.39. The summed E-state index contributed by atoms with van der Waals surface area (Å²) in [5.41, 5.74) is -0.505. The normalized spacial score (nSPS) is 10.4. The van der Waals surface area contributed by atoms with E-state index in [1.807, 2.05) is 0 Å². The number of ketones is 1. The topological polar surface area (TPSA) is 114 Å². The fourth-order valence-corrected chi connectivity index (χ4v) is 2.26. The molecule has 0 radical (unpaired) electrons. The van der Waals surface area contributed by atoms with E-state index >= 15 is 0 Å². The lowest BCUT2D eigenvalue weighted by Gasteiger charge is -2.04. The summed E-state index contributed by atoms with van der Waals surface area (Å²) in [5.74, 6) is -0.992. The van der Waals surface area contributed by atoms with Crippen molar-refractivity contribution in [2.45, 2.75) is 20.4 Å². The third-order valence-corrected chi connectivity index (χ3v) is 3.44. The zero-order valence-corrected chi connectivity index (χ0v) is 14.0. The van der Waals surface area contributed by atoms with Crippen LogP contribution in [0.4, 0.5) is 5.69 Å². The maximum absolute atomic E-state index is 12.7. The van der Waals surface area contributed by atoms with Gasteiger partial charge in [0.1, 0.15) is 22.7 Å².